The highest BCUT2D eigenvalue weighted by molar-refractivity contribution is 5.73. The topological polar surface area (TPSA) is 32.5 Å². The van der Waals surface area contributed by atoms with Crippen LogP contribution < -0.4 is 15.5 Å². The van der Waals surface area contributed by atoms with Crippen LogP contribution in [0, 0.1) is 0 Å². The second-order valence-electron chi connectivity index (χ2n) is 5.70. The van der Waals surface area contributed by atoms with Crippen molar-refractivity contribution in [1.29, 1.82) is 0 Å². The Bertz CT molecular complexity index is 609. The third-order valence-corrected chi connectivity index (χ3v) is 4.27. The van der Waals surface area contributed by atoms with Crippen molar-refractivity contribution in [1.82, 2.24) is 0 Å². The number of likely N-dealkylation sites (N-methyl/N-ethyl adjacent to an activating group) is 1. The Morgan fingerprint density at radius 1 is 0.952 bits per heavy atom. The third-order valence-electron chi connectivity index (χ3n) is 4.27. The first-order valence-electron chi connectivity index (χ1n) is 7.64. The van der Waals surface area contributed by atoms with Gasteiger partial charge in [0.1, 0.15) is 0 Å². The van der Waals surface area contributed by atoms with Crippen LogP contribution in [0.2, 0.25) is 0 Å². The normalized spacial score (nSPS) is 14.1. The lowest BCUT2D eigenvalue weighted by molar-refractivity contribution is 0.696. The first kappa shape index (κ1) is 13.8. The van der Waals surface area contributed by atoms with Crippen molar-refractivity contribution >= 4 is 17.1 Å². The predicted molar refractivity (Wildman–Crippen MR) is 91.1 cm³/mol. The number of nitrogen functional groups attached to an aromatic ring is 1. The molecule has 0 aliphatic carbocycles. The second kappa shape index (κ2) is 6.08. The molecular weight excluding hydrogens is 258 g/mol. The Kier molecular flexibility index (Phi) is 4.00. The molecule has 0 atom stereocenters. The molecule has 0 spiro atoms. The lowest BCUT2D eigenvalue weighted by atomic mass is 10.1. The van der Waals surface area contributed by atoms with Gasteiger partial charge in [-0.15, -0.1) is 0 Å². The minimum atomic E-state index is 0.913. The van der Waals surface area contributed by atoms with Gasteiger partial charge in [-0.2, -0.15) is 0 Å². The number of nitrogens with two attached hydrogens (primary N) is 1. The fraction of sp³-hybridized carbons (Fsp3) is 0.333. The Labute approximate surface area is 127 Å². The van der Waals surface area contributed by atoms with Crippen LogP contribution in [0.1, 0.15) is 12.0 Å². The molecule has 3 rings (SSSR count). The number of hydrogen-bond acceptors (Lipinski definition) is 3. The summed E-state index contributed by atoms with van der Waals surface area (Å²) in [6.07, 6.45) is 2.17. The van der Waals surface area contributed by atoms with Crippen LogP contribution in [0.4, 0.5) is 17.1 Å². The van der Waals surface area contributed by atoms with Crippen molar-refractivity contribution in [2.45, 2.75) is 12.8 Å². The number of anilines is 3. The molecule has 0 radical (unpaired) electrons. The minimum absolute atomic E-state index is 0.913. The average molecular weight is 281 g/mol. The molecule has 110 valence electrons. The largest absolute Gasteiger partial charge is 0.399 e. The van der Waals surface area contributed by atoms with E-state index in [1.807, 2.05) is 12.1 Å². The molecule has 0 amide bonds. The van der Waals surface area contributed by atoms with E-state index in [0.29, 0.717) is 0 Å². The monoisotopic (exact) mass is 281 g/mol. The summed E-state index contributed by atoms with van der Waals surface area (Å²) in [6, 6.07) is 16.8. The van der Waals surface area contributed by atoms with E-state index < -0.39 is 0 Å². The summed E-state index contributed by atoms with van der Waals surface area (Å²) in [5, 5.41) is 0. The summed E-state index contributed by atoms with van der Waals surface area (Å²) in [5.74, 6) is 0. The van der Waals surface area contributed by atoms with E-state index in [-0.39, 0.29) is 0 Å². The Balaban J connectivity index is 1.64. The Morgan fingerprint density at radius 3 is 2.48 bits per heavy atom. The van der Waals surface area contributed by atoms with Crippen LogP contribution in [-0.2, 0) is 6.42 Å². The number of fused-ring (bicyclic) bond motifs is 1. The van der Waals surface area contributed by atoms with Crippen LogP contribution >= 0.6 is 0 Å². The van der Waals surface area contributed by atoms with Crippen LogP contribution in [0.25, 0.3) is 0 Å². The number of benzene rings is 2. The maximum atomic E-state index is 6.01. The van der Waals surface area contributed by atoms with Gasteiger partial charge in [-0.05, 0) is 36.6 Å². The van der Waals surface area contributed by atoms with Crippen molar-refractivity contribution in [3.05, 3.63) is 54.1 Å². The van der Waals surface area contributed by atoms with Gasteiger partial charge in [0, 0.05) is 32.4 Å². The van der Waals surface area contributed by atoms with Gasteiger partial charge in [-0.25, -0.2) is 0 Å². The smallest absolute Gasteiger partial charge is 0.0604 e. The van der Waals surface area contributed by atoms with Gasteiger partial charge in [0.25, 0.3) is 0 Å². The first-order valence-corrected chi connectivity index (χ1v) is 7.64. The van der Waals surface area contributed by atoms with Crippen LogP contribution in [0.15, 0.2) is 48.5 Å². The van der Waals surface area contributed by atoms with Crippen molar-refractivity contribution in [2.24, 2.45) is 0 Å². The highest BCUT2D eigenvalue weighted by atomic mass is 15.2. The number of para-hydroxylation sites is 3. The van der Waals surface area contributed by atoms with Crippen LogP contribution in [0.3, 0.4) is 0 Å². The van der Waals surface area contributed by atoms with Gasteiger partial charge in [0.15, 0.2) is 0 Å². The SMILES string of the molecule is CN1CCN(CCCc2ccccc2N)c2ccccc21. The minimum Gasteiger partial charge on any atom is -0.399 e. The molecule has 0 unspecified atom stereocenters. The molecule has 2 aromatic carbocycles. The van der Waals surface area contributed by atoms with Crippen molar-refractivity contribution in [3.63, 3.8) is 0 Å². The Hall–Kier alpha value is -2.16. The van der Waals surface area contributed by atoms with Crippen LogP contribution in [0.5, 0.6) is 0 Å². The van der Waals surface area contributed by atoms with Crippen molar-refractivity contribution < 1.29 is 0 Å². The van der Waals surface area contributed by atoms with E-state index in [1.54, 1.807) is 0 Å². The van der Waals surface area contributed by atoms with Crippen molar-refractivity contribution in [2.75, 3.05) is 42.2 Å². The molecular formula is C18H23N3. The molecule has 1 aliphatic heterocycles. The summed E-state index contributed by atoms with van der Waals surface area (Å²) in [6.45, 7) is 3.27. The van der Waals surface area contributed by atoms with Gasteiger partial charge in [-0.1, -0.05) is 30.3 Å². The van der Waals surface area contributed by atoms with E-state index >= 15 is 0 Å². The van der Waals surface area contributed by atoms with E-state index in [2.05, 4.69) is 53.2 Å². The molecule has 3 heteroatoms. The standard InChI is InChI=1S/C18H23N3/c1-20-13-14-21(18-11-5-4-10-17(18)20)12-6-8-15-7-2-3-9-16(15)19/h2-5,7,9-11H,6,8,12-14,19H2,1H3. The summed E-state index contributed by atoms with van der Waals surface area (Å²) in [4.78, 5) is 4.83. The van der Waals surface area contributed by atoms with E-state index in [0.717, 1.165) is 38.2 Å². The first-order chi connectivity index (χ1) is 10.3. The van der Waals surface area contributed by atoms with Gasteiger partial charge in [0.05, 0.1) is 11.4 Å². The third kappa shape index (κ3) is 2.97. The van der Waals surface area contributed by atoms with E-state index in [1.165, 1.54) is 16.9 Å². The zero-order chi connectivity index (χ0) is 14.7. The summed E-state index contributed by atoms with van der Waals surface area (Å²) >= 11 is 0. The molecule has 0 saturated carbocycles. The van der Waals surface area contributed by atoms with Crippen molar-refractivity contribution in [3.8, 4) is 0 Å². The average Bonchev–Trinajstić information content (AvgIpc) is 2.52. The molecule has 0 fully saturated rings. The summed E-state index contributed by atoms with van der Waals surface area (Å²) in [7, 11) is 2.17. The molecule has 0 bridgehead atoms. The lowest BCUT2D eigenvalue weighted by Gasteiger charge is -2.37. The quantitative estimate of drug-likeness (QED) is 0.874. The number of nitrogens with zero attached hydrogens (tertiary/aromatic N) is 2. The fourth-order valence-corrected chi connectivity index (χ4v) is 3.02. The highest BCUT2D eigenvalue weighted by Crippen LogP contribution is 2.31. The van der Waals surface area contributed by atoms with Gasteiger partial charge in [0.2, 0.25) is 0 Å². The van der Waals surface area contributed by atoms with E-state index in [9.17, 15) is 0 Å². The molecule has 21 heavy (non-hydrogen) atoms. The molecule has 1 heterocycles. The zero-order valence-corrected chi connectivity index (χ0v) is 12.6. The number of hydrogen-bond donors (Lipinski definition) is 1. The molecule has 3 nitrogen and oxygen atoms in total. The molecule has 1 aliphatic rings. The second-order valence-corrected chi connectivity index (χ2v) is 5.70. The maximum absolute atomic E-state index is 6.01. The fourth-order valence-electron chi connectivity index (χ4n) is 3.02. The number of aryl methyl sites for hydroxylation is 1. The zero-order valence-electron chi connectivity index (χ0n) is 12.6. The highest BCUT2D eigenvalue weighted by Gasteiger charge is 2.18. The number of rotatable bonds is 4. The lowest BCUT2D eigenvalue weighted by Crippen LogP contribution is -2.39. The van der Waals surface area contributed by atoms with E-state index in [4.69, 9.17) is 5.73 Å². The molecule has 2 aromatic rings. The van der Waals surface area contributed by atoms with Crippen LogP contribution in [-0.4, -0.2) is 26.7 Å². The maximum Gasteiger partial charge on any atom is 0.0604 e. The Morgan fingerprint density at radius 2 is 1.67 bits per heavy atom. The summed E-state index contributed by atoms with van der Waals surface area (Å²) < 4.78 is 0. The summed E-state index contributed by atoms with van der Waals surface area (Å²) in [5.41, 5.74) is 10.9. The predicted octanol–water partition coefficient (Wildman–Crippen LogP) is 3.16. The molecule has 0 saturated heterocycles. The molecule has 0 aromatic heterocycles. The molecule has 2 N–H and O–H groups in total. The van der Waals surface area contributed by atoms with Gasteiger partial charge < -0.3 is 15.5 Å². The van der Waals surface area contributed by atoms with Gasteiger partial charge in [-0.3, -0.25) is 0 Å². The van der Waals surface area contributed by atoms with Gasteiger partial charge >= 0.3 is 0 Å².